The quantitative estimate of drug-likeness (QED) is 0.762. The van der Waals surface area contributed by atoms with Crippen LogP contribution in [0.1, 0.15) is 36.0 Å². The fraction of sp³-hybridized carbons (Fsp3) is 0.318. The van der Waals surface area contributed by atoms with Crippen molar-refractivity contribution < 1.29 is 13.2 Å². The minimum atomic E-state index is -3.29. The fourth-order valence-corrected chi connectivity index (χ4v) is 5.91. The number of likely N-dealkylation sites (N-methyl/N-ethyl adjacent to an activating group) is 1. The molecular weight excluding hydrogens is 414 g/mol. The van der Waals surface area contributed by atoms with Crippen LogP contribution in [-0.4, -0.2) is 44.5 Å². The van der Waals surface area contributed by atoms with Crippen molar-refractivity contribution in [2.75, 3.05) is 23.7 Å². The lowest BCUT2D eigenvalue weighted by Gasteiger charge is -2.46. The Labute approximate surface area is 181 Å². The zero-order valence-electron chi connectivity index (χ0n) is 17.3. The van der Waals surface area contributed by atoms with E-state index in [9.17, 15) is 18.5 Å². The summed E-state index contributed by atoms with van der Waals surface area (Å²) in [5.41, 5.74) is 1.49. The Kier molecular flexibility index (Phi) is 4.98. The number of carbonyl (C=O) groups excluding carboxylic acids is 1. The Hall–Kier alpha value is -3.38. The van der Waals surface area contributed by atoms with Gasteiger partial charge in [0.1, 0.15) is 0 Å². The maximum absolute atomic E-state index is 13.3. The molecule has 0 unspecified atom stereocenters. The highest BCUT2D eigenvalue weighted by molar-refractivity contribution is 7.93. The van der Waals surface area contributed by atoms with Gasteiger partial charge in [-0.05, 0) is 48.7 Å². The van der Waals surface area contributed by atoms with Gasteiger partial charge in [0, 0.05) is 13.6 Å². The van der Waals surface area contributed by atoms with Gasteiger partial charge in [-0.3, -0.25) is 19.4 Å². The van der Waals surface area contributed by atoms with Gasteiger partial charge in [-0.2, -0.15) is 5.26 Å². The monoisotopic (exact) mass is 437 g/mol. The van der Waals surface area contributed by atoms with Crippen molar-refractivity contribution in [2.45, 2.75) is 24.8 Å². The molecule has 2 aromatic rings. The molecule has 8 nitrogen and oxygen atoms in total. The van der Waals surface area contributed by atoms with Gasteiger partial charge in [0.2, 0.25) is 15.9 Å². The number of hydrogen-bond acceptors (Lipinski definition) is 5. The molecule has 0 aromatic heterocycles. The zero-order chi connectivity index (χ0) is 22.4. The molecule has 2 aliphatic rings. The van der Waals surface area contributed by atoms with E-state index in [0.29, 0.717) is 35.3 Å². The molecule has 0 radical (unpaired) electrons. The molecule has 2 heterocycles. The van der Waals surface area contributed by atoms with Crippen LogP contribution >= 0.6 is 0 Å². The second kappa shape index (κ2) is 7.39. The van der Waals surface area contributed by atoms with Gasteiger partial charge in [0.05, 0.1) is 34.5 Å². The van der Waals surface area contributed by atoms with Crippen molar-refractivity contribution in [3.05, 3.63) is 65.2 Å². The summed E-state index contributed by atoms with van der Waals surface area (Å²) in [6, 6.07) is 16.1. The van der Waals surface area contributed by atoms with E-state index in [1.54, 1.807) is 49.5 Å². The second-order valence-corrected chi connectivity index (χ2v) is 10.0. The van der Waals surface area contributed by atoms with Crippen LogP contribution in [0.4, 0.5) is 5.69 Å². The lowest BCUT2D eigenvalue weighted by molar-refractivity contribution is -0.131. The summed E-state index contributed by atoms with van der Waals surface area (Å²) in [7, 11) is -1.75. The average Bonchev–Trinajstić information content (AvgIpc) is 3.11. The highest BCUT2D eigenvalue weighted by atomic mass is 32.2. The minimum absolute atomic E-state index is 0.0223. The average molecular weight is 438 g/mol. The van der Waals surface area contributed by atoms with Crippen molar-refractivity contribution in [2.24, 2.45) is 0 Å². The van der Waals surface area contributed by atoms with Crippen LogP contribution in [0, 0.1) is 16.7 Å². The molecule has 2 atom stereocenters. The highest BCUT2D eigenvalue weighted by Gasteiger charge is 2.48. The number of amides is 1. The standard InChI is InChI=1S/C22H23N5O3S/c1-22(17-6-3-5-15(13-17)14-23)19(20(28)26(2)21(24)25-22)16-7-9-18(10-8-16)27-11-4-12-31(27,29)30/h3,5-10,13,19H,4,11-12H2,1-2H3,(H2,24,25)/t19-,22+/m0/s1. The largest absolute Gasteiger partial charge is 0.346 e. The first-order valence-electron chi connectivity index (χ1n) is 9.93. The van der Waals surface area contributed by atoms with E-state index in [4.69, 9.17) is 5.41 Å². The Morgan fingerprint density at radius 1 is 1.23 bits per heavy atom. The summed E-state index contributed by atoms with van der Waals surface area (Å²) in [4.78, 5) is 14.6. The first-order chi connectivity index (χ1) is 14.7. The van der Waals surface area contributed by atoms with Crippen molar-refractivity contribution in [1.29, 1.82) is 10.7 Å². The van der Waals surface area contributed by atoms with Crippen LogP contribution in [-0.2, 0) is 20.4 Å². The van der Waals surface area contributed by atoms with E-state index < -0.39 is 21.5 Å². The summed E-state index contributed by atoms with van der Waals surface area (Å²) in [5.74, 6) is -0.814. The molecule has 0 saturated carbocycles. The summed E-state index contributed by atoms with van der Waals surface area (Å²) >= 11 is 0. The summed E-state index contributed by atoms with van der Waals surface area (Å²) < 4.78 is 25.9. The molecule has 0 aliphatic carbocycles. The number of benzene rings is 2. The SMILES string of the molecule is CN1C(=N)N[C@](C)(c2cccc(C#N)c2)[C@@H](c2ccc(N3CCCS3(=O)=O)cc2)C1=O. The highest BCUT2D eigenvalue weighted by Crippen LogP contribution is 2.41. The molecule has 4 rings (SSSR count). The normalized spacial score (nSPS) is 25.3. The van der Waals surface area contributed by atoms with E-state index >= 15 is 0 Å². The molecular formula is C22H23N5O3S. The van der Waals surface area contributed by atoms with Gasteiger partial charge < -0.3 is 5.32 Å². The Balaban J connectivity index is 1.78. The number of guanidine groups is 1. The zero-order valence-corrected chi connectivity index (χ0v) is 18.1. The number of sulfonamides is 1. The molecule has 160 valence electrons. The topological polar surface area (TPSA) is 117 Å². The van der Waals surface area contributed by atoms with Gasteiger partial charge in [-0.15, -0.1) is 0 Å². The van der Waals surface area contributed by atoms with E-state index in [1.165, 1.54) is 9.21 Å². The molecule has 0 spiro atoms. The number of anilines is 1. The predicted octanol–water partition coefficient (Wildman–Crippen LogP) is 2.09. The first kappa shape index (κ1) is 20.9. The van der Waals surface area contributed by atoms with E-state index in [2.05, 4.69) is 11.4 Å². The molecule has 2 fully saturated rings. The van der Waals surface area contributed by atoms with Gasteiger partial charge >= 0.3 is 0 Å². The molecule has 2 saturated heterocycles. The smallest absolute Gasteiger partial charge is 0.239 e. The van der Waals surface area contributed by atoms with Crippen molar-refractivity contribution in [3.8, 4) is 6.07 Å². The molecule has 2 N–H and O–H groups in total. The summed E-state index contributed by atoms with van der Waals surface area (Å²) in [5, 5.41) is 20.7. The van der Waals surface area contributed by atoms with Gasteiger partial charge in [-0.25, -0.2) is 8.42 Å². The maximum Gasteiger partial charge on any atom is 0.239 e. The number of nitrogens with zero attached hydrogens (tertiary/aromatic N) is 3. The first-order valence-corrected chi connectivity index (χ1v) is 11.5. The maximum atomic E-state index is 13.3. The molecule has 0 bridgehead atoms. The third-order valence-corrected chi connectivity index (χ3v) is 7.94. The third-order valence-electron chi connectivity index (χ3n) is 6.07. The minimum Gasteiger partial charge on any atom is -0.346 e. The summed E-state index contributed by atoms with van der Waals surface area (Å²) in [6.07, 6.45) is 0.593. The van der Waals surface area contributed by atoms with Crippen LogP contribution in [0.5, 0.6) is 0 Å². The molecule has 2 aromatic carbocycles. The Bertz CT molecular complexity index is 1200. The number of nitrogens with one attached hydrogen (secondary N) is 2. The molecule has 31 heavy (non-hydrogen) atoms. The number of hydrogen-bond donors (Lipinski definition) is 2. The van der Waals surface area contributed by atoms with Crippen molar-refractivity contribution in [3.63, 3.8) is 0 Å². The van der Waals surface area contributed by atoms with Gasteiger partial charge in [0.25, 0.3) is 0 Å². The van der Waals surface area contributed by atoms with Gasteiger partial charge in [-0.1, -0.05) is 24.3 Å². The van der Waals surface area contributed by atoms with Crippen LogP contribution in [0.25, 0.3) is 0 Å². The Morgan fingerprint density at radius 2 is 1.94 bits per heavy atom. The van der Waals surface area contributed by atoms with Crippen molar-refractivity contribution >= 4 is 27.6 Å². The van der Waals surface area contributed by atoms with Crippen LogP contribution in [0.15, 0.2) is 48.5 Å². The number of rotatable bonds is 3. The number of nitriles is 1. The number of carbonyl (C=O) groups is 1. The van der Waals surface area contributed by atoms with Crippen molar-refractivity contribution in [1.82, 2.24) is 10.2 Å². The van der Waals surface area contributed by atoms with Crippen LogP contribution in [0.3, 0.4) is 0 Å². The van der Waals surface area contributed by atoms with Crippen LogP contribution < -0.4 is 9.62 Å². The molecule has 1 amide bonds. The lowest BCUT2D eigenvalue weighted by Crippen LogP contribution is -2.62. The van der Waals surface area contributed by atoms with Gasteiger partial charge in [0.15, 0.2) is 5.96 Å². The summed E-state index contributed by atoms with van der Waals surface area (Å²) in [6.45, 7) is 2.29. The Morgan fingerprint density at radius 3 is 2.55 bits per heavy atom. The predicted molar refractivity (Wildman–Crippen MR) is 117 cm³/mol. The van der Waals surface area contributed by atoms with Crippen LogP contribution in [0.2, 0.25) is 0 Å². The lowest BCUT2D eigenvalue weighted by atomic mass is 9.73. The third kappa shape index (κ3) is 3.43. The van der Waals surface area contributed by atoms with E-state index in [-0.39, 0.29) is 17.6 Å². The van der Waals surface area contributed by atoms with E-state index in [1.807, 2.05) is 13.0 Å². The van der Waals surface area contributed by atoms with E-state index in [0.717, 1.165) is 0 Å². The fourth-order valence-electron chi connectivity index (χ4n) is 4.34. The molecule has 9 heteroatoms. The molecule has 2 aliphatic heterocycles. The second-order valence-electron chi connectivity index (χ2n) is 8.03.